The molecule has 34 heavy (non-hydrogen) atoms. The van der Waals surface area contributed by atoms with E-state index in [1.807, 2.05) is 0 Å². The highest BCUT2D eigenvalue weighted by molar-refractivity contribution is 5.97. The van der Waals surface area contributed by atoms with Gasteiger partial charge in [-0.2, -0.15) is 0 Å². The van der Waals surface area contributed by atoms with Crippen LogP contribution >= 0.6 is 0 Å². The second kappa shape index (κ2) is 9.87. The molecule has 0 spiro atoms. The van der Waals surface area contributed by atoms with Crippen LogP contribution in [0.3, 0.4) is 0 Å². The molecule has 1 fully saturated rings. The summed E-state index contributed by atoms with van der Waals surface area (Å²) in [6, 6.07) is 7.08. The Kier molecular flexibility index (Phi) is 6.73. The zero-order chi connectivity index (χ0) is 24.1. The van der Waals surface area contributed by atoms with Crippen molar-refractivity contribution >= 4 is 34.7 Å². The van der Waals surface area contributed by atoms with Gasteiger partial charge >= 0.3 is 5.88 Å². The number of piperidine rings is 1. The minimum atomic E-state index is -1.09. The van der Waals surface area contributed by atoms with Crippen LogP contribution in [0.1, 0.15) is 24.2 Å². The molecule has 10 nitrogen and oxygen atoms in total. The van der Waals surface area contributed by atoms with Crippen molar-refractivity contribution in [3.63, 3.8) is 0 Å². The summed E-state index contributed by atoms with van der Waals surface area (Å²) in [7, 11) is 0. The number of furan rings is 1. The summed E-state index contributed by atoms with van der Waals surface area (Å²) in [5.74, 6) is -1.40. The van der Waals surface area contributed by atoms with Gasteiger partial charge in [0.05, 0.1) is 6.07 Å². The van der Waals surface area contributed by atoms with Crippen molar-refractivity contribution in [2.75, 3.05) is 19.6 Å². The first-order valence-electron chi connectivity index (χ1n) is 10.9. The van der Waals surface area contributed by atoms with Gasteiger partial charge in [-0.3, -0.25) is 19.7 Å². The molecule has 1 saturated heterocycles. The van der Waals surface area contributed by atoms with Crippen molar-refractivity contribution in [2.45, 2.75) is 24.8 Å². The topological polar surface area (TPSA) is 142 Å². The number of halogens is 1. The molecule has 4 rings (SSSR count). The first-order chi connectivity index (χ1) is 16.4. The van der Waals surface area contributed by atoms with Gasteiger partial charge in [0.15, 0.2) is 0 Å². The number of fused-ring (bicyclic) bond motifs is 1. The number of aromatic amines is 1. The summed E-state index contributed by atoms with van der Waals surface area (Å²) < 4.78 is 18.6. The fraction of sp³-hybridized carbons (Fsp3) is 0.304. The molecule has 3 heterocycles. The fourth-order valence-electron chi connectivity index (χ4n) is 4.06. The number of H-pyrrole nitrogens is 1. The Labute approximate surface area is 193 Å². The minimum absolute atomic E-state index is 0.154. The molecule has 0 saturated carbocycles. The number of aromatic nitrogens is 1. The van der Waals surface area contributed by atoms with Gasteiger partial charge in [0, 0.05) is 29.7 Å². The Balaban J connectivity index is 1.38. The van der Waals surface area contributed by atoms with Gasteiger partial charge in [-0.15, -0.1) is 0 Å². The van der Waals surface area contributed by atoms with Crippen LogP contribution in [0, 0.1) is 15.9 Å². The van der Waals surface area contributed by atoms with Gasteiger partial charge in [0.25, 0.3) is 0 Å². The molecule has 3 aromatic rings. The van der Waals surface area contributed by atoms with Crippen molar-refractivity contribution in [3.8, 4) is 0 Å². The normalized spacial score (nSPS) is 15.4. The number of carbonyl (C=O) groups excluding carboxylic acids is 2. The van der Waals surface area contributed by atoms with E-state index >= 15 is 0 Å². The number of benzene rings is 1. The van der Waals surface area contributed by atoms with E-state index in [0.717, 1.165) is 16.5 Å². The number of rotatable bonds is 8. The molecular weight excluding hydrogens is 445 g/mol. The average Bonchev–Trinajstić information content (AvgIpc) is 3.45. The van der Waals surface area contributed by atoms with Gasteiger partial charge < -0.3 is 25.4 Å². The lowest BCUT2D eigenvalue weighted by Gasteiger charge is -2.36. The van der Waals surface area contributed by atoms with Gasteiger partial charge in [-0.1, -0.05) is 0 Å². The van der Waals surface area contributed by atoms with E-state index in [0.29, 0.717) is 38.9 Å². The maximum Gasteiger partial charge on any atom is 0.433 e. The number of hydrogen-bond acceptors (Lipinski definition) is 6. The SMILES string of the molecule is O=C(/C=C/c1ccc([N+](=O)[O-])o1)NC1(C(=O)NCCc2c[nH]c3ccc(F)cc23)CCNCC1. The zero-order valence-corrected chi connectivity index (χ0v) is 18.2. The molecule has 1 aliphatic rings. The predicted molar refractivity (Wildman–Crippen MR) is 122 cm³/mol. The maximum absolute atomic E-state index is 13.6. The summed E-state index contributed by atoms with van der Waals surface area (Å²) in [6.45, 7) is 1.44. The highest BCUT2D eigenvalue weighted by Gasteiger charge is 2.40. The van der Waals surface area contributed by atoms with Gasteiger partial charge in [-0.05, 0) is 68.3 Å². The Morgan fingerprint density at radius 3 is 2.76 bits per heavy atom. The average molecular weight is 469 g/mol. The highest BCUT2D eigenvalue weighted by Crippen LogP contribution is 2.22. The quantitative estimate of drug-likeness (QED) is 0.227. The van der Waals surface area contributed by atoms with Crippen LogP contribution in [0.2, 0.25) is 0 Å². The molecular formula is C23H24FN5O5. The molecule has 0 radical (unpaired) electrons. The molecule has 4 N–H and O–H groups in total. The van der Waals surface area contributed by atoms with Crippen LogP contribution < -0.4 is 16.0 Å². The number of nitrogens with zero attached hydrogens (tertiary/aromatic N) is 1. The third-order valence-corrected chi connectivity index (χ3v) is 5.86. The Morgan fingerprint density at radius 2 is 2.03 bits per heavy atom. The van der Waals surface area contributed by atoms with Crippen LogP contribution in [0.4, 0.5) is 10.3 Å². The molecule has 0 atom stereocenters. The van der Waals surface area contributed by atoms with E-state index in [4.69, 9.17) is 4.42 Å². The lowest BCUT2D eigenvalue weighted by atomic mass is 9.87. The number of carbonyl (C=O) groups is 2. The minimum Gasteiger partial charge on any atom is -0.401 e. The summed E-state index contributed by atoms with van der Waals surface area (Å²) in [6.07, 6.45) is 5.59. The van der Waals surface area contributed by atoms with E-state index in [1.165, 1.54) is 36.4 Å². The molecule has 1 aliphatic heterocycles. The molecule has 178 valence electrons. The molecule has 0 unspecified atom stereocenters. The third kappa shape index (κ3) is 5.15. The second-order valence-corrected chi connectivity index (χ2v) is 8.10. The third-order valence-electron chi connectivity index (χ3n) is 5.86. The van der Waals surface area contributed by atoms with Crippen LogP contribution in [-0.4, -0.2) is 46.9 Å². The van der Waals surface area contributed by atoms with E-state index in [9.17, 15) is 24.1 Å². The summed E-state index contributed by atoms with van der Waals surface area (Å²) in [5.41, 5.74) is 0.612. The lowest BCUT2D eigenvalue weighted by molar-refractivity contribution is -0.402. The van der Waals surface area contributed by atoms with Crippen LogP contribution in [0.15, 0.2) is 47.0 Å². The van der Waals surface area contributed by atoms with E-state index in [1.54, 1.807) is 12.3 Å². The zero-order valence-electron chi connectivity index (χ0n) is 18.2. The van der Waals surface area contributed by atoms with Crippen LogP contribution in [0.25, 0.3) is 17.0 Å². The molecule has 11 heteroatoms. The largest absolute Gasteiger partial charge is 0.433 e. The lowest BCUT2D eigenvalue weighted by Crippen LogP contribution is -2.62. The standard InChI is InChI=1S/C23H24FN5O5/c24-16-1-4-19-18(13-16)15(14-27-19)7-10-26-22(31)23(8-11-25-12-9-23)28-20(30)5-2-17-3-6-21(34-17)29(32)33/h1-6,13-14,25,27H,7-12H2,(H,26,31)(H,28,30)/b5-2+. The monoisotopic (exact) mass is 469 g/mol. The van der Waals surface area contributed by atoms with Crippen molar-refractivity contribution in [2.24, 2.45) is 0 Å². The second-order valence-electron chi connectivity index (χ2n) is 8.10. The first-order valence-corrected chi connectivity index (χ1v) is 10.9. The Morgan fingerprint density at radius 1 is 1.24 bits per heavy atom. The Hall–Kier alpha value is -3.99. The van der Waals surface area contributed by atoms with E-state index in [-0.39, 0.29) is 17.5 Å². The van der Waals surface area contributed by atoms with E-state index in [2.05, 4.69) is 20.9 Å². The summed E-state index contributed by atoms with van der Waals surface area (Å²) in [5, 5.41) is 20.4. The first kappa shape index (κ1) is 23.2. The van der Waals surface area contributed by atoms with Gasteiger partial charge in [-0.25, -0.2) is 4.39 Å². The number of nitro groups is 1. The maximum atomic E-state index is 13.6. The number of amides is 2. The number of nitrogens with one attached hydrogen (secondary N) is 4. The van der Waals surface area contributed by atoms with Crippen LogP contribution in [-0.2, 0) is 16.0 Å². The summed E-state index contributed by atoms with van der Waals surface area (Å²) >= 11 is 0. The van der Waals surface area contributed by atoms with Gasteiger partial charge in [0.2, 0.25) is 11.8 Å². The van der Waals surface area contributed by atoms with Crippen molar-refractivity contribution in [3.05, 3.63) is 69.9 Å². The predicted octanol–water partition coefficient (Wildman–Crippen LogP) is 2.42. The van der Waals surface area contributed by atoms with Crippen molar-refractivity contribution in [1.29, 1.82) is 0 Å². The van der Waals surface area contributed by atoms with Gasteiger partial charge in [0.1, 0.15) is 22.0 Å². The highest BCUT2D eigenvalue weighted by atomic mass is 19.1. The Bertz CT molecular complexity index is 1240. The van der Waals surface area contributed by atoms with E-state index < -0.39 is 22.3 Å². The van der Waals surface area contributed by atoms with Crippen LogP contribution in [0.5, 0.6) is 0 Å². The molecule has 2 amide bonds. The smallest absolute Gasteiger partial charge is 0.401 e. The molecule has 0 bridgehead atoms. The summed E-state index contributed by atoms with van der Waals surface area (Å²) in [4.78, 5) is 38.8. The van der Waals surface area contributed by atoms with Crippen molar-refractivity contribution < 1.29 is 23.3 Å². The fourth-order valence-corrected chi connectivity index (χ4v) is 4.06. The number of hydrogen-bond donors (Lipinski definition) is 4. The van der Waals surface area contributed by atoms with Crippen molar-refractivity contribution in [1.82, 2.24) is 20.9 Å². The molecule has 2 aromatic heterocycles. The molecule has 0 aliphatic carbocycles. The molecule has 1 aromatic carbocycles.